The molecule has 3 rings (SSSR count). The van der Waals surface area contributed by atoms with Crippen molar-refractivity contribution >= 4 is 0 Å². The Bertz CT molecular complexity index is 678. The van der Waals surface area contributed by atoms with Crippen LogP contribution in [0, 0.1) is 0 Å². The molecule has 20 heavy (non-hydrogen) atoms. The van der Waals surface area contributed by atoms with Gasteiger partial charge in [0.25, 0.3) is 5.89 Å². The quantitative estimate of drug-likeness (QED) is 0.680. The third-order valence-electron chi connectivity index (χ3n) is 2.91. The molecule has 2 heterocycles. The lowest BCUT2D eigenvalue weighted by atomic mass is 10.2. The third kappa shape index (κ3) is 2.66. The number of pyridine rings is 1. The molecular formula is C15H14N3O2+. The second-order valence-electron chi connectivity index (χ2n) is 4.29. The van der Waals surface area contributed by atoms with Crippen LogP contribution >= 0.6 is 0 Å². The SMILES string of the molecule is COc1ccc(-c2nc(C[n+]3ccccc3)no2)cc1. The van der Waals surface area contributed by atoms with Gasteiger partial charge in [-0.2, -0.15) is 9.55 Å². The maximum atomic E-state index is 5.28. The summed E-state index contributed by atoms with van der Waals surface area (Å²) in [5.74, 6) is 1.96. The highest BCUT2D eigenvalue weighted by Crippen LogP contribution is 2.20. The van der Waals surface area contributed by atoms with Gasteiger partial charge in [0.05, 0.1) is 7.11 Å². The standard InChI is InChI=1S/C15H14N3O2/c1-19-13-7-5-12(6-8-13)15-16-14(17-20-15)11-18-9-3-2-4-10-18/h2-10H,11H2,1H3/q+1. The van der Waals surface area contributed by atoms with E-state index in [0.29, 0.717) is 18.3 Å². The zero-order valence-electron chi connectivity index (χ0n) is 11.1. The number of hydrogen-bond acceptors (Lipinski definition) is 4. The summed E-state index contributed by atoms with van der Waals surface area (Å²) < 4.78 is 12.4. The molecule has 0 bridgehead atoms. The fourth-order valence-electron chi connectivity index (χ4n) is 1.87. The molecule has 5 heteroatoms. The van der Waals surface area contributed by atoms with Crippen molar-refractivity contribution in [1.29, 1.82) is 0 Å². The van der Waals surface area contributed by atoms with Crippen molar-refractivity contribution < 1.29 is 13.8 Å². The fraction of sp³-hybridized carbons (Fsp3) is 0.133. The summed E-state index contributed by atoms with van der Waals surface area (Å²) >= 11 is 0. The molecule has 0 saturated heterocycles. The fourth-order valence-corrected chi connectivity index (χ4v) is 1.87. The predicted molar refractivity (Wildman–Crippen MR) is 72.0 cm³/mol. The first kappa shape index (κ1) is 12.3. The van der Waals surface area contributed by atoms with Gasteiger partial charge in [0.15, 0.2) is 12.4 Å². The van der Waals surface area contributed by atoms with Gasteiger partial charge in [-0.1, -0.05) is 11.2 Å². The van der Waals surface area contributed by atoms with Crippen LogP contribution in [0.5, 0.6) is 5.75 Å². The number of hydrogen-bond donors (Lipinski definition) is 0. The van der Waals surface area contributed by atoms with Crippen molar-refractivity contribution in [2.24, 2.45) is 0 Å². The molecular weight excluding hydrogens is 254 g/mol. The molecule has 1 aromatic carbocycles. The average molecular weight is 268 g/mol. The first-order chi connectivity index (χ1) is 9.85. The predicted octanol–water partition coefficient (Wildman–Crippen LogP) is 2.08. The number of rotatable bonds is 4. The maximum absolute atomic E-state index is 5.28. The number of aromatic nitrogens is 3. The van der Waals surface area contributed by atoms with Crippen molar-refractivity contribution in [2.45, 2.75) is 6.54 Å². The molecule has 0 saturated carbocycles. The molecule has 0 spiro atoms. The van der Waals surface area contributed by atoms with E-state index < -0.39 is 0 Å². The van der Waals surface area contributed by atoms with E-state index in [2.05, 4.69) is 10.1 Å². The molecule has 0 aliphatic heterocycles. The van der Waals surface area contributed by atoms with Gasteiger partial charge in [-0.3, -0.25) is 0 Å². The zero-order chi connectivity index (χ0) is 13.8. The van der Waals surface area contributed by atoms with Gasteiger partial charge < -0.3 is 9.26 Å². The van der Waals surface area contributed by atoms with Crippen LogP contribution in [-0.4, -0.2) is 17.3 Å². The van der Waals surface area contributed by atoms with Gasteiger partial charge in [-0.05, 0) is 24.3 Å². The summed E-state index contributed by atoms with van der Waals surface area (Å²) in [6.45, 7) is 0.584. The molecule has 0 radical (unpaired) electrons. The monoisotopic (exact) mass is 268 g/mol. The van der Waals surface area contributed by atoms with Crippen molar-refractivity contribution in [3.63, 3.8) is 0 Å². The Hall–Kier alpha value is -2.69. The van der Waals surface area contributed by atoms with E-state index in [4.69, 9.17) is 9.26 Å². The second-order valence-corrected chi connectivity index (χ2v) is 4.29. The highest BCUT2D eigenvalue weighted by Gasteiger charge is 2.12. The Balaban J connectivity index is 1.79. The first-order valence-electron chi connectivity index (χ1n) is 6.26. The van der Waals surface area contributed by atoms with Crippen LogP contribution in [0.1, 0.15) is 5.82 Å². The highest BCUT2D eigenvalue weighted by molar-refractivity contribution is 5.54. The summed E-state index contributed by atoms with van der Waals surface area (Å²) in [4.78, 5) is 4.39. The number of ether oxygens (including phenoxy) is 1. The van der Waals surface area contributed by atoms with Crippen LogP contribution in [-0.2, 0) is 6.54 Å². The first-order valence-corrected chi connectivity index (χ1v) is 6.26. The Kier molecular flexibility index (Phi) is 3.41. The smallest absolute Gasteiger partial charge is 0.258 e. The minimum Gasteiger partial charge on any atom is -0.497 e. The Morgan fingerprint density at radius 2 is 1.85 bits per heavy atom. The molecule has 3 aromatic rings. The van der Waals surface area contributed by atoms with Gasteiger partial charge in [0.2, 0.25) is 12.4 Å². The van der Waals surface area contributed by atoms with Crippen LogP contribution in [0.25, 0.3) is 11.5 Å². The minimum absolute atomic E-state index is 0.513. The van der Waals surface area contributed by atoms with Crippen LogP contribution in [0.2, 0.25) is 0 Å². The van der Waals surface area contributed by atoms with Crippen molar-refractivity contribution in [3.05, 3.63) is 60.7 Å². The second kappa shape index (κ2) is 5.52. The molecule has 0 unspecified atom stereocenters. The van der Waals surface area contributed by atoms with Gasteiger partial charge >= 0.3 is 0 Å². The maximum Gasteiger partial charge on any atom is 0.258 e. The van der Waals surface area contributed by atoms with E-state index in [9.17, 15) is 0 Å². The number of methoxy groups -OCH3 is 1. The highest BCUT2D eigenvalue weighted by atomic mass is 16.5. The van der Waals surface area contributed by atoms with E-state index in [0.717, 1.165) is 11.3 Å². The van der Waals surface area contributed by atoms with Gasteiger partial charge in [-0.25, -0.2) is 0 Å². The summed E-state index contributed by atoms with van der Waals surface area (Å²) in [6, 6.07) is 13.4. The van der Waals surface area contributed by atoms with Crippen LogP contribution in [0.4, 0.5) is 0 Å². The van der Waals surface area contributed by atoms with Gasteiger partial charge in [-0.15, -0.1) is 0 Å². The summed E-state index contributed by atoms with van der Waals surface area (Å²) in [5.41, 5.74) is 0.877. The van der Waals surface area contributed by atoms with Crippen molar-refractivity contribution in [1.82, 2.24) is 10.1 Å². The lowest BCUT2D eigenvalue weighted by Crippen LogP contribution is -2.33. The van der Waals surface area contributed by atoms with E-state index in [-0.39, 0.29) is 0 Å². The van der Waals surface area contributed by atoms with Crippen LogP contribution < -0.4 is 9.30 Å². The molecule has 0 amide bonds. The van der Waals surface area contributed by atoms with Crippen LogP contribution in [0.3, 0.4) is 0 Å². The molecule has 0 N–H and O–H groups in total. The average Bonchev–Trinajstić information content (AvgIpc) is 2.97. The number of nitrogens with zero attached hydrogens (tertiary/aromatic N) is 3. The molecule has 0 fully saturated rings. The van der Waals surface area contributed by atoms with Gasteiger partial charge in [0, 0.05) is 17.7 Å². The lowest BCUT2D eigenvalue weighted by molar-refractivity contribution is -0.689. The van der Waals surface area contributed by atoms with E-state index in [1.807, 2.05) is 59.4 Å². The summed E-state index contributed by atoms with van der Waals surface area (Å²) in [5, 5.41) is 3.99. The lowest BCUT2D eigenvalue weighted by Gasteiger charge is -1.98. The molecule has 0 aliphatic rings. The molecule has 2 aromatic heterocycles. The molecule has 0 aliphatic carbocycles. The van der Waals surface area contributed by atoms with E-state index in [1.165, 1.54) is 0 Å². The topological polar surface area (TPSA) is 52.0 Å². The summed E-state index contributed by atoms with van der Waals surface area (Å²) in [6.07, 6.45) is 3.92. The number of benzene rings is 1. The summed E-state index contributed by atoms with van der Waals surface area (Å²) in [7, 11) is 1.64. The molecule has 0 atom stereocenters. The van der Waals surface area contributed by atoms with Crippen molar-refractivity contribution in [2.75, 3.05) is 7.11 Å². The Labute approximate surface area is 116 Å². The Morgan fingerprint density at radius 3 is 2.55 bits per heavy atom. The van der Waals surface area contributed by atoms with E-state index in [1.54, 1.807) is 7.11 Å². The minimum atomic E-state index is 0.513. The third-order valence-corrected chi connectivity index (χ3v) is 2.91. The van der Waals surface area contributed by atoms with Gasteiger partial charge in [0.1, 0.15) is 5.75 Å². The largest absolute Gasteiger partial charge is 0.497 e. The van der Waals surface area contributed by atoms with Crippen molar-refractivity contribution in [3.8, 4) is 17.2 Å². The van der Waals surface area contributed by atoms with E-state index >= 15 is 0 Å². The molecule has 100 valence electrons. The zero-order valence-corrected chi connectivity index (χ0v) is 11.1. The molecule has 5 nitrogen and oxygen atoms in total. The Morgan fingerprint density at radius 1 is 1.10 bits per heavy atom. The van der Waals surface area contributed by atoms with Crippen LogP contribution in [0.15, 0.2) is 59.4 Å². The normalized spacial score (nSPS) is 10.4.